The predicted molar refractivity (Wildman–Crippen MR) is 108 cm³/mol. The molecule has 3 heterocycles. The van der Waals surface area contributed by atoms with Gasteiger partial charge in [0, 0.05) is 18.0 Å². The molecule has 0 spiro atoms. The second kappa shape index (κ2) is 6.70. The standard InChI is InChI=1S/C20H18N2O2S2/c1-11-3-5-14(6-4-11)21-19(24)18-12(2)17-15(13-7-8-25-10-13)9-16(23)22-20(17)26-18/h3-8,10,15H,9H2,1-2H3,(H,21,24)(H,22,23)/t15-/m0/s1. The molecule has 0 bridgehead atoms. The van der Waals surface area contributed by atoms with Crippen LogP contribution in [0.2, 0.25) is 0 Å². The van der Waals surface area contributed by atoms with Crippen LogP contribution in [-0.2, 0) is 4.79 Å². The van der Waals surface area contributed by atoms with Gasteiger partial charge in [0.05, 0.1) is 9.88 Å². The maximum Gasteiger partial charge on any atom is 0.266 e. The Morgan fingerprint density at radius 2 is 1.96 bits per heavy atom. The summed E-state index contributed by atoms with van der Waals surface area (Å²) < 4.78 is 0. The lowest BCUT2D eigenvalue weighted by molar-refractivity contribution is -0.116. The summed E-state index contributed by atoms with van der Waals surface area (Å²) in [7, 11) is 0. The zero-order chi connectivity index (χ0) is 18.3. The fourth-order valence-corrected chi connectivity index (χ4v) is 5.20. The molecule has 132 valence electrons. The first-order valence-corrected chi connectivity index (χ1v) is 10.1. The minimum atomic E-state index is -0.135. The average molecular weight is 383 g/mol. The molecular formula is C20H18N2O2S2. The molecule has 0 aliphatic carbocycles. The van der Waals surface area contributed by atoms with Gasteiger partial charge in [0.15, 0.2) is 0 Å². The Balaban J connectivity index is 1.69. The maximum atomic E-state index is 12.8. The molecule has 4 nitrogen and oxygen atoms in total. The van der Waals surface area contributed by atoms with Gasteiger partial charge in [0.2, 0.25) is 5.91 Å². The van der Waals surface area contributed by atoms with Crippen LogP contribution in [0.1, 0.15) is 44.3 Å². The van der Waals surface area contributed by atoms with Gasteiger partial charge in [-0.1, -0.05) is 17.7 Å². The molecule has 1 aliphatic heterocycles. The van der Waals surface area contributed by atoms with Crippen molar-refractivity contribution in [3.8, 4) is 0 Å². The van der Waals surface area contributed by atoms with E-state index in [1.165, 1.54) is 11.3 Å². The highest BCUT2D eigenvalue weighted by Gasteiger charge is 2.32. The van der Waals surface area contributed by atoms with Crippen LogP contribution in [0.5, 0.6) is 0 Å². The number of benzene rings is 1. The lowest BCUT2D eigenvalue weighted by Gasteiger charge is -2.23. The zero-order valence-corrected chi connectivity index (χ0v) is 16.1. The van der Waals surface area contributed by atoms with Crippen molar-refractivity contribution in [1.82, 2.24) is 0 Å². The van der Waals surface area contributed by atoms with E-state index in [-0.39, 0.29) is 17.7 Å². The molecule has 0 radical (unpaired) electrons. The van der Waals surface area contributed by atoms with Crippen LogP contribution in [0, 0.1) is 13.8 Å². The lowest BCUT2D eigenvalue weighted by Crippen LogP contribution is -2.22. The molecule has 1 aromatic carbocycles. The number of fused-ring (bicyclic) bond motifs is 1. The Morgan fingerprint density at radius 1 is 1.19 bits per heavy atom. The molecular weight excluding hydrogens is 364 g/mol. The molecule has 0 saturated heterocycles. The van der Waals surface area contributed by atoms with E-state index in [1.54, 1.807) is 11.3 Å². The number of carbonyl (C=O) groups excluding carboxylic acids is 2. The number of nitrogens with one attached hydrogen (secondary N) is 2. The van der Waals surface area contributed by atoms with E-state index in [1.807, 2.05) is 43.5 Å². The first kappa shape index (κ1) is 17.0. The van der Waals surface area contributed by atoms with Gasteiger partial charge in [0.25, 0.3) is 5.91 Å². The van der Waals surface area contributed by atoms with Crippen molar-refractivity contribution in [2.45, 2.75) is 26.2 Å². The molecule has 2 aromatic heterocycles. The first-order valence-electron chi connectivity index (χ1n) is 8.36. The van der Waals surface area contributed by atoms with Crippen molar-refractivity contribution >= 4 is 45.2 Å². The van der Waals surface area contributed by atoms with Gasteiger partial charge >= 0.3 is 0 Å². The third-order valence-corrected chi connectivity index (χ3v) is 6.57. The molecule has 0 saturated carbocycles. The molecule has 6 heteroatoms. The highest BCUT2D eigenvalue weighted by atomic mass is 32.1. The van der Waals surface area contributed by atoms with Crippen molar-refractivity contribution in [3.63, 3.8) is 0 Å². The van der Waals surface area contributed by atoms with E-state index in [4.69, 9.17) is 0 Å². The Kier molecular flexibility index (Phi) is 4.38. The molecule has 0 fully saturated rings. The summed E-state index contributed by atoms with van der Waals surface area (Å²) in [5.41, 5.74) is 5.07. The Bertz CT molecular complexity index is 972. The smallest absolute Gasteiger partial charge is 0.266 e. The van der Waals surface area contributed by atoms with E-state index in [0.29, 0.717) is 11.3 Å². The third-order valence-electron chi connectivity index (χ3n) is 4.65. The summed E-state index contributed by atoms with van der Waals surface area (Å²) in [5, 5.41) is 10.8. The number of hydrogen-bond acceptors (Lipinski definition) is 4. The normalized spacial score (nSPS) is 16.1. The number of hydrogen-bond donors (Lipinski definition) is 2. The monoisotopic (exact) mass is 382 g/mol. The van der Waals surface area contributed by atoms with Gasteiger partial charge in [0.1, 0.15) is 0 Å². The SMILES string of the molecule is Cc1ccc(NC(=O)c2sc3c(c2C)[C@H](c2ccsc2)CC(=O)N3)cc1. The Hall–Kier alpha value is -2.44. The summed E-state index contributed by atoms with van der Waals surface area (Å²) in [5.74, 6) is -0.119. The highest BCUT2D eigenvalue weighted by molar-refractivity contribution is 7.18. The minimum Gasteiger partial charge on any atom is -0.321 e. The highest BCUT2D eigenvalue weighted by Crippen LogP contribution is 2.45. The molecule has 2 amide bonds. The number of anilines is 2. The van der Waals surface area contributed by atoms with Gasteiger partial charge in [-0.05, 0) is 59.5 Å². The van der Waals surface area contributed by atoms with Gasteiger partial charge < -0.3 is 10.6 Å². The third kappa shape index (κ3) is 3.06. The van der Waals surface area contributed by atoms with Crippen molar-refractivity contribution in [2.24, 2.45) is 0 Å². The van der Waals surface area contributed by atoms with Crippen LogP contribution in [-0.4, -0.2) is 11.8 Å². The fraction of sp³-hybridized carbons (Fsp3) is 0.200. The zero-order valence-electron chi connectivity index (χ0n) is 14.5. The van der Waals surface area contributed by atoms with E-state index in [9.17, 15) is 9.59 Å². The average Bonchev–Trinajstić information content (AvgIpc) is 3.25. The summed E-state index contributed by atoms with van der Waals surface area (Å²) in [6, 6.07) is 9.78. The van der Waals surface area contributed by atoms with Gasteiger partial charge in [-0.3, -0.25) is 9.59 Å². The van der Waals surface area contributed by atoms with Crippen molar-refractivity contribution in [3.05, 3.63) is 68.2 Å². The van der Waals surface area contributed by atoms with Crippen LogP contribution in [0.25, 0.3) is 0 Å². The number of aryl methyl sites for hydroxylation is 1. The first-order chi connectivity index (χ1) is 12.5. The minimum absolute atomic E-state index is 0.000410. The van der Waals surface area contributed by atoms with Crippen LogP contribution < -0.4 is 10.6 Å². The van der Waals surface area contributed by atoms with Crippen molar-refractivity contribution in [2.75, 3.05) is 10.6 Å². The number of carbonyl (C=O) groups is 2. The lowest BCUT2D eigenvalue weighted by atomic mass is 9.86. The van der Waals surface area contributed by atoms with Crippen LogP contribution in [0.4, 0.5) is 10.7 Å². The second-order valence-electron chi connectivity index (χ2n) is 6.48. The van der Waals surface area contributed by atoms with E-state index in [0.717, 1.165) is 32.9 Å². The molecule has 3 aromatic rings. The fourth-order valence-electron chi connectivity index (χ4n) is 3.30. The largest absolute Gasteiger partial charge is 0.321 e. The van der Waals surface area contributed by atoms with Crippen molar-refractivity contribution < 1.29 is 9.59 Å². The topological polar surface area (TPSA) is 58.2 Å². The maximum absolute atomic E-state index is 12.8. The van der Waals surface area contributed by atoms with E-state index < -0.39 is 0 Å². The Labute approximate surface area is 159 Å². The number of amides is 2. The molecule has 2 N–H and O–H groups in total. The summed E-state index contributed by atoms with van der Waals surface area (Å²) >= 11 is 2.98. The number of rotatable bonds is 3. The molecule has 1 atom stereocenters. The van der Waals surface area contributed by atoms with Gasteiger partial charge in [-0.25, -0.2) is 0 Å². The molecule has 1 aliphatic rings. The predicted octanol–water partition coefficient (Wildman–Crippen LogP) is 5.15. The van der Waals surface area contributed by atoms with Crippen LogP contribution in [0.15, 0.2) is 41.1 Å². The number of thiophene rings is 2. The van der Waals surface area contributed by atoms with Crippen LogP contribution >= 0.6 is 22.7 Å². The summed E-state index contributed by atoms with van der Waals surface area (Å²) in [4.78, 5) is 25.6. The van der Waals surface area contributed by atoms with Gasteiger partial charge in [-0.2, -0.15) is 11.3 Å². The van der Waals surface area contributed by atoms with Crippen molar-refractivity contribution in [1.29, 1.82) is 0 Å². The molecule has 4 rings (SSSR count). The summed E-state index contributed by atoms with van der Waals surface area (Å²) in [6.45, 7) is 3.98. The quantitative estimate of drug-likeness (QED) is 0.658. The van der Waals surface area contributed by atoms with E-state index in [2.05, 4.69) is 22.1 Å². The second-order valence-corrected chi connectivity index (χ2v) is 8.28. The molecule has 26 heavy (non-hydrogen) atoms. The van der Waals surface area contributed by atoms with Crippen LogP contribution in [0.3, 0.4) is 0 Å². The summed E-state index contributed by atoms with van der Waals surface area (Å²) in [6.07, 6.45) is 0.417. The molecule has 0 unspecified atom stereocenters. The van der Waals surface area contributed by atoms with E-state index >= 15 is 0 Å². The van der Waals surface area contributed by atoms with Gasteiger partial charge in [-0.15, -0.1) is 11.3 Å². The Morgan fingerprint density at radius 3 is 2.65 bits per heavy atom.